The predicted octanol–water partition coefficient (Wildman–Crippen LogP) is 2.32. The largest absolute Gasteiger partial charge is 0.507 e. The minimum absolute atomic E-state index is 0.00985. The molecule has 1 amide bonds. The smallest absolute Gasteiger partial charge is 0.323 e. The SMILES string of the molecule is CC(C)(C)N(CC(=O)O)C(=O)c1ccc(I)c(O)c1. The molecule has 0 aromatic heterocycles. The number of phenols is 1. The van der Waals surface area contributed by atoms with E-state index < -0.39 is 17.4 Å². The number of aliphatic carboxylic acids is 1. The summed E-state index contributed by atoms with van der Waals surface area (Å²) in [5.74, 6) is -1.48. The first-order valence-corrected chi connectivity index (χ1v) is 6.73. The monoisotopic (exact) mass is 377 g/mol. The molecule has 2 N–H and O–H groups in total. The molecule has 0 unspecified atom stereocenters. The van der Waals surface area contributed by atoms with Gasteiger partial charge in [0.05, 0.1) is 3.57 Å². The molecule has 19 heavy (non-hydrogen) atoms. The van der Waals surface area contributed by atoms with Crippen LogP contribution in [0.1, 0.15) is 31.1 Å². The van der Waals surface area contributed by atoms with Crippen molar-refractivity contribution >= 4 is 34.5 Å². The molecule has 0 atom stereocenters. The first-order chi connectivity index (χ1) is 8.62. The number of aromatic hydroxyl groups is 1. The van der Waals surface area contributed by atoms with Gasteiger partial charge in [-0.15, -0.1) is 0 Å². The quantitative estimate of drug-likeness (QED) is 0.793. The van der Waals surface area contributed by atoms with E-state index in [9.17, 15) is 14.7 Å². The Hall–Kier alpha value is -1.31. The number of rotatable bonds is 3. The highest BCUT2D eigenvalue weighted by Crippen LogP contribution is 2.23. The summed E-state index contributed by atoms with van der Waals surface area (Å²) in [5.41, 5.74) is -0.345. The van der Waals surface area contributed by atoms with Crippen molar-refractivity contribution in [2.24, 2.45) is 0 Å². The molecule has 0 fully saturated rings. The summed E-state index contributed by atoms with van der Waals surface area (Å²) in [6, 6.07) is 4.54. The second-order valence-corrected chi connectivity index (χ2v) is 6.28. The van der Waals surface area contributed by atoms with Crippen molar-refractivity contribution in [3.63, 3.8) is 0 Å². The maximum Gasteiger partial charge on any atom is 0.323 e. The number of carboxylic acids is 1. The fraction of sp³-hybridized carbons (Fsp3) is 0.385. The fourth-order valence-electron chi connectivity index (χ4n) is 1.55. The summed E-state index contributed by atoms with van der Waals surface area (Å²) in [6.07, 6.45) is 0. The normalized spacial score (nSPS) is 11.2. The van der Waals surface area contributed by atoms with Crippen molar-refractivity contribution in [1.29, 1.82) is 0 Å². The summed E-state index contributed by atoms with van der Waals surface area (Å²) in [7, 11) is 0. The van der Waals surface area contributed by atoms with Crippen LogP contribution in [0.4, 0.5) is 0 Å². The molecule has 104 valence electrons. The zero-order chi connectivity index (χ0) is 14.8. The van der Waals surface area contributed by atoms with Crippen molar-refractivity contribution in [3.05, 3.63) is 27.3 Å². The molecule has 1 rings (SSSR count). The molecule has 0 heterocycles. The summed E-state index contributed by atoms with van der Waals surface area (Å²) in [6.45, 7) is 4.91. The van der Waals surface area contributed by atoms with Gasteiger partial charge in [0.2, 0.25) is 0 Å². The molecule has 1 aromatic carbocycles. The third kappa shape index (κ3) is 4.09. The van der Waals surface area contributed by atoms with Gasteiger partial charge in [-0.25, -0.2) is 0 Å². The Morgan fingerprint density at radius 1 is 1.32 bits per heavy atom. The van der Waals surface area contributed by atoms with Crippen LogP contribution in [-0.2, 0) is 4.79 Å². The van der Waals surface area contributed by atoms with Gasteiger partial charge in [-0.1, -0.05) is 0 Å². The highest BCUT2D eigenvalue weighted by Gasteiger charge is 2.29. The van der Waals surface area contributed by atoms with E-state index in [0.717, 1.165) is 0 Å². The minimum atomic E-state index is -1.07. The molecule has 6 heteroatoms. The van der Waals surface area contributed by atoms with Gasteiger partial charge in [-0.3, -0.25) is 9.59 Å². The number of nitrogens with zero attached hydrogens (tertiary/aromatic N) is 1. The van der Waals surface area contributed by atoms with Gasteiger partial charge >= 0.3 is 5.97 Å². The first-order valence-electron chi connectivity index (χ1n) is 5.65. The van der Waals surface area contributed by atoms with Gasteiger partial charge in [-0.05, 0) is 61.6 Å². The average molecular weight is 377 g/mol. The number of hydrogen-bond acceptors (Lipinski definition) is 3. The number of amides is 1. The summed E-state index contributed by atoms with van der Waals surface area (Å²) in [5, 5.41) is 18.5. The van der Waals surface area contributed by atoms with Crippen LogP contribution in [0.3, 0.4) is 0 Å². The number of carbonyl (C=O) groups is 2. The molecular formula is C13H16INO4. The second-order valence-electron chi connectivity index (χ2n) is 5.12. The van der Waals surface area contributed by atoms with Crippen molar-refractivity contribution in [1.82, 2.24) is 4.90 Å². The average Bonchev–Trinajstić information content (AvgIpc) is 2.27. The molecule has 0 aliphatic rings. The van der Waals surface area contributed by atoms with Crippen LogP contribution < -0.4 is 0 Å². The number of halogens is 1. The molecule has 0 radical (unpaired) electrons. The Morgan fingerprint density at radius 2 is 1.89 bits per heavy atom. The molecule has 0 saturated carbocycles. The van der Waals surface area contributed by atoms with Gasteiger partial charge in [0, 0.05) is 11.1 Å². The van der Waals surface area contributed by atoms with E-state index in [2.05, 4.69) is 0 Å². The highest BCUT2D eigenvalue weighted by molar-refractivity contribution is 14.1. The van der Waals surface area contributed by atoms with Gasteiger partial charge in [0.25, 0.3) is 5.91 Å². The van der Waals surface area contributed by atoms with E-state index >= 15 is 0 Å². The van der Waals surface area contributed by atoms with Crippen LogP contribution in [0.15, 0.2) is 18.2 Å². The highest BCUT2D eigenvalue weighted by atomic mass is 127. The Morgan fingerprint density at radius 3 is 2.32 bits per heavy atom. The number of carbonyl (C=O) groups excluding carboxylic acids is 1. The predicted molar refractivity (Wildman–Crippen MR) is 79.2 cm³/mol. The lowest BCUT2D eigenvalue weighted by Gasteiger charge is -2.34. The molecular weight excluding hydrogens is 361 g/mol. The number of phenolic OH excluding ortho intramolecular Hbond substituents is 1. The first kappa shape index (κ1) is 15.7. The van der Waals surface area contributed by atoms with Crippen molar-refractivity contribution in [2.45, 2.75) is 26.3 Å². The van der Waals surface area contributed by atoms with E-state index in [1.807, 2.05) is 22.6 Å². The van der Waals surface area contributed by atoms with Crippen LogP contribution in [0.25, 0.3) is 0 Å². The van der Waals surface area contributed by atoms with Crippen LogP contribution >= 0.6 is 22.6 Å². The maximum atomic E-state index is 12.3. The van der Waals surface area contributed by atoms with E-state index in [4.69, 9.17) is 5.11 Å². The van der Waals surface area contributed by atoms with Crippen LogP contribution in [0, 0.1) is 3.57 Å². The molecule has 0 spiro atoms. The van der Waals surface area contributed by atoms with Crippen LogP contribution in [0.2, 0.25) is 0 Å². The molecule has 0 aliphatic carbocycles. The van der Waals surface area contributed by atoms with Crippen LogP contribution in [0.5, 0.6) is 5.75 Å². The fourth-order valence-corrected chi connectivity index (χ4v) is 1.89. The Balaban J connectivity index is 3.12. The Labute approximate surface area is 125 Å². The molecule has 0 aliphatic heterocycles. The summed E-state index contributed by atoms with van der Waals surface area (Å²) in [4.78, 5) is 24.5. The molecule has 5 nitrogen and oxygen atoms in total. The lowest BCUT2D eigenvalue weighted by molar-refractivity contribution is -0.138. The van der Waals surface area contributed by atoms with Crippen molar-refractivity contribution in [2.75, 3.05) is 6.54 Å². The van der Waals surface area contributed by atoms with Crippen LogP contribution in [-0.4, -0.2) is 39.1 Å². The van der Waals surface area contributed by atoms with E-state index in [1.54, 1.807) is 32.9 Å². The lowest BCUT2D eigenvalue weighted by Crippen LogP contribution is -2.48. The molecule has 0 bridgehead atoms. The topological polar surface area (TPSA) is 77.8 Å². The number of benzene rings is 1. The van der Waals surface area contributed by atoms with Gasteiger partial charge in [0.15, 0.2) is 0 Å². The third-order valence-electron chi connectivity index (χ3n) is 2.54. The van der Waals surface area contributed by atoms with Gasteiger partial charge in [0.1, 0.15) is 12.3 Å². The summed E-state index contributed by atoms with van der Waals surface area (Å²) < 4.78 is 0.634. The van der Waals surface area contributed by atoms with Gasteiger partial charge in [-0.2, -0.15) is 0 Å². The number of hydrogen-bond donors (Lipinski definition) is 2. The molecule has 1 aromatic rings. The maximum absolute atomic E-state index is 12.3. The summed E-state index contributed by atoms with van der Waals surface area (Å²) >= 11 is 1.95. The van der Waals surface area contributed by atoms with E-state index in [-0.39, 0.29) is 17.9 Å². The Kier molecular flexibility index (Phi) is 4.78. The van der Waals surface area contributed by atoms with Crippen molar-refractivity contribution in [3.8, 4) is 5.75 Å². The zero-order valence-electron chi connectivity index (χ0n) is 11.0. The minimum Gasteiger partial charge on any atom is -0.507 e. The van der Waals surface area contributed by atoms with E-state index in [1.165, 1.54) is 11.0 Å². The molecule has 0 saturated heterocycles. The third-order valence-corrected chi connectivity index (χ3v) is 3.45. The Bertz CT molecular complexity index is 508. The standard InChI is InChI=1S/C13H16INO4/c1-13(2,3)15(7-11(17)18)12(19)8-4-5-9(14)10(16)6-8/h4-6,16H,7H2,1-3H3,(H,17,18). The second kappa shape index (κ2) is 5.77. The van der Waals surface area contributed by atoms with Crippen molar-refractivity contribution < 1.29 is 19.8 Å². The van der Waals surface area contributed by atoms with Gasteiger partial charge < -0.3 is 15.1 Å². The lowest BCUT2D eigenvalue weighted by atomic mass is 10.0. The number of carboxylic acid groups (broad SMARTS) is 1. The van der Waals surface area contributed by atoms with E-state index in [0.29, 0.717) is 3.57 Å². The zero-order valence-corrected chi connectivity index (χ0v) is 13.1.